The van der Waals surface area contributed by atoms with E-state index in [1.807, 2.05) is 45.0 Å². The van der Waals surface area contributed by atoms with Crippen molar-refractivity contribution >= 4 is 28.9 Å². The van der Waals surface area contributed by atoms with Crippen molar-refractivity contribution < 1.29 is 9.59 Å². The van der Waals surface area contributed by atoms with Gasteiger partial charge in [-0.2, -0.15) is 0 Å². The fourth-order valence-corrected chi connectivity index (χ4v) is 4.82. The average Bonchev–Trinajstić information content (AvgIpc) is 3.42. The van der Waals surface area contributed by atoms with Crippen LogP contribution in [0, 0.1) is 5.41 Å². The van der Waals surface area contributed by atoms with Crippen molar-refractivity contribution in [2.24, 2.45) is 12.5 Å². The highest BCUT2D eigenvalue weighted by Crippen LogP contribution is 2.37. The first-order valence-electron chi connectivity index (χ1n) is 11.9. The van der Waals surface area contributed by atoms with E-state index < -0.39 is 17.5 Å². The summed E-state index contributed by atoms with van der Waals surface area (Å²) in [4.78, 5) is 43.6. The highest BCUT2D eigenvalue weighted by Gasteiger charge is 2.40. The van der Waals surface area contributed by atoms with Crippen LogP contribution in [0.15, 0.2) is 35.1 Å². The topological polar surface area (TPSA) is 86.7 Å². The minimum atomic E-state index is -0.699. The fraction of sp³-hybridized carbons (Fsp3) is 0.500. The van der Waals surface area contributed by atoms with Crippen LogP contribution in [0.4, 0.5) is 17.1 Å². The van der Waals surface area contributed by atoms with Crippen molar-refractivity contribution in [3.63, 3.8) is 0 Å². The second-order valence-corrected chi connectivity index (χ2v) is 10.3. The van der Waals surface area contributed by atoms with Gasteiger partial charge in [0.2, 0.25) is 11.8 Å². The van der Waals surface area contributed by atoms with Crippen LogP contribution < -0.4 is 26.0 Å². The summed E-state index contributed by atoms with van der Waals surface area (Å²) in [5.74, 6) is -0.376. The van der Waals surface area contributed by atoms with E-state index in [4.69, 9.17) is 0 Å². The number of hydrogen-bond donors (Lipinski definition) is 2. The van der Waals surface area contributed by atoms with E-state index in [1.165, 1.54) is 5.56 Å². The molecule has 0 aliphatic carbocycles. The quantitative estimate of drug-likeness (QED) is 0.706. The van der Waals surface area contributed by atoms with E-state index >= 15 is 0 Å². The molecule has 0 radical (unpaired) electrons. The molecule has 0 spiro atoms. The second kappa shape index (κ2) is 8.91. The summed E-state index contributed by atoms with van der Waals surface area (Å²) in [6, 6.07) is 8.87. The highest BCUT2D eigenvalue weighted by atomic mass is 16.2. The molecule has 8 nitrogen and oxygen atoms in total. The Morgan fingerprint density at radius 1 is 1.03 bits per heavy atom. The van der Waals surface area contributed by atoms with Crippen LogP contribution in [-0.2, 0) is 29.5 Å². The summed E-state index contributed by atoms with van der Waals surface area (Å²) in [5.41, 5.74) is 3.87. The average molecular weight is 466 g/mol. The molecule has 0 fully saturated rings. The van der Waals surface area contributed by atoms with Crippen LogP contribution in [0.3, 0.4) is 0 Å². The van der Waals surface area contributed by atoms with Crippen LogP contribution >= 0.6 is 0 Å². The number of para-hydroxylation sites is 1. The summed E-state index contributed by atoms with van der Waals surface area (Å²) in [6.07, 6.45) is 1.47. The second-order valence-electron chi connectivity index (χ2n) is 10.3. The Morgan fingerprint density at radius 2 is 1.74 bits per heavy atom. The van der Waals surface area contributed by atoms with Gasteiger partial charge in [-0.15, -0.1) is 0 Å². The van der Waals surface area contributed by atoms with Gasteiger partial charge >= 0.3 is 0 Å². The summed E-state index contributed by atoms with van der Waals surface area (Å²) in [7, 11) is 3.49. The fourth-order valence-electron chi connectivity index (χ4n) is 4.82. The van der Waals surface area contributed by atoms with Crippen LogP contribution in [0.2, 0.25) is 0 Å². The van der Waals surface area contributed by atoms with E-state index in [1.54, 1.807) is 30.5 Å². The molecule has 1 aromatic heterocycles. The zero-order valence-corrected chi connectivity index (χ0v) is 20.9. The normalized spacial score (nSPS) is 16.8. The van der Waals surface area contributed by atoms with E-state index in [9.17, 15) is 14.4 Å². The number of carbonyl (C=O) groups is 2. The molecule has 0 unspecified atom stereocenters. The number of fused-ring (bicyclic) bond motifs is 2. The molecule has 3 heterocycles. The smallest absolute Gasteiger partial charge is 0.274 e. The maximum absolute atomic E-state index is 13.8. The van der Waals surface area contributed by atoms with Gasteiger partial charge in [-0.1, -0.05) is 39.0 Å². The third-order valence-electron chi connectivity index (χ3n) is 7.03. The molecule has 2 N–H and O–H groups in total. The van der Waals surface area contributed by atoms with E-state index in [0.717, 1.165) is 30.0 Å². The molecular formula is C26H35N5O3. The number of aromatic nitrogens is 1. The molecule has 2 amide bonds. The number of pyridine rings is 1. The van der Waals surface area contributed by atoms with Gasteiger partial charge in [-0.3, -0.25) is 14.4 Å². The number of nitrogens with zero attached hydrogens (tertiary/aromatic N) is 3. The lowest BCUT2D eigenvalue weighted by atomic mass is 9.85. The van der Waals surface area contributed by atoms with Crippen LogP contribution in [0.5, 0.6) is 0 Å². The van der Waals surface area contributed by atoms with Crippen LogP contribution in [0.25, 0.3) is 0 Å². The number of amides is 2. The Morgan fingerprint density at radius 3 is 2.41 bits per heavy atom. The van der Waals surface area contributed by atoms with Gasteiger partial charge in [-0.25, -0.2) is 0 Å². The molecule has 182 valence electrons. The van der Waals surface area contributed by atoms with E-state index in [0.29, 0.717) is 18.7 Å². The minimum Gasteiger partial charge on any atom is -0.342 e. The minimum absolute atomic E-state index is 0.0618. The summed E-state index contributed by atoms with van der Waals surface area (Å²) in [6.45, 7) is 8.81. The van der Waals surface area contributed by atoms with Gasteiger partial charge in [0.25, 0.3) is 5.56 Å². The molecule has 0 saturated heterocycles. The van der Waals surface area contributed by atoms with Crippen molar-refractivity contribution in [2.75, 3.05) is 29.9 Å². The van der Waals surface area contributed by atoms with E-state index in [-0.39, 0.29) is 17.4 Å². The first kappa shape index (κ1) is 24.0. The van der Waals surface area contributed by atoms with Gasteiger partial charge in [0, 0.05) is 37.9 Å². The van der Waals surface area contributed by atoms with Gasteiger partial charge in [0.05, 0.1) is 11.7 Å². The number of likely N-dealkylation sites (N-methyl/N-ethyl adjacent to an activating group) is 1. The lowest BCUT2D eigenvalue weighted by Gasteiger charge is -2.34. The zero-order valence-electron chi connectivity index (χ0n) is 20.9. The van der Waals surface area contributed by atoms with Gasteiger partial charge in [0.15, 0.2) is 0 Å². The lowest BCUT2D eigenvalue weighted by molar-refractivity contribution is -0.130. The standard InChI is InChI=1S/C26H35N5O3/c1-16(27-5)23(32)28-22(26(2,3)4)25(34)31-14-12-19-20(31)15-21(24(33)29(19)6)30-13-11-17-9-7-8-10-18(17)30/h7-10,15-16,22,27H,11-14H2,1-6H3,(H,28,32)/t16-,22+/m0/s1. The first-order chi connectivity index (χ1) is 16.0. The maximum Gasteiger partial charge on any atom is 0.274 e. The third-order valence-corrected chi connectivity index (χ3v) is 7.03. The molecule has 8 heteroatoms. The number of anilines is 3. The Kier molecular flexibility index (Phi) is 6.29. The largest absolute Gasteiger partial charge is 0.342 e. The van der Waals surface area contributed by atoms with Crippen LogP contribution in [-0.4, -0.2) is 48.6 Å². The van der Waals surface area contributed by atoms with Crippen molar-refractivity contribution in [1.29, 1.82) is 0 Å². The Balaban J connectivity index is 1.72. The monoisotopic (exact) mass is 465 g/mol. The molecule has 0 saturated carbocycles. The third kappa shape index (κ3) is 4.11. The number of nitrogens with one attached hydrogen (secondary N) is 2. The predicted octanol–water partition coefficient (Wildman–Crippen LogP) is 2.11. The molecule has 0 bridgehead atoms. The Labute approximate surface area is 200 Å². The van der Waals surface area contributed by atoms with Gasteiger partial charge in [-0.05, 0) is 43.5 Å². The molecule has 34 heavy (non-hydrogen) atoms. The maximum atomic E-state index is 13.8. The first-order valence-corrected chi connectivity index (χ1v) is 11.9. The van der Waals surface area contributed by atoms with Gasteiger partial charge < -0.3 is 25.0 Å². The lowest BCUT2D eigenvalue weighted by Crippen LogP contribution is -2.57. The van der Waals surface area contributed by atoms with Crippen molar-refractivity contribution in [1.82, 2.24) is 15.2 Å². The summed E-state index contributed by atoms with van der Waals surface area (Å²) in [5, 5.41) is 5.88. The molecule has 2 aromatic rings. The van der Waals surface area contributed by atoms with E-state index in [2.05, 4.69) is 21.6 Å². The van der Waals surface area contributed by atoms with Gasteiger partial charge in [0.1, 0.15) is 11.7 Å². The summed E-state index contributed by atoms with van der Waals surface area (Å²) >= 11 is 0. The SMILES string of the molecule is CN[C@@H](C)C(=O)N[C@H](C(=O)N1CCc2c1cc(N1CCc3ccccc31)c(=O)n2C)C(C)(C)C. The zero-order chi connectivity index (χ0) is 24.8. The predicted molar refractivity (Wildman–Crippen MR) is 135 cm³/mol. The number of carbonyl (C=O) groups excluding carboxylic acids is 2. The molecule has 2 atom stereocenters. The van der Waals surface area contributed by atoms with Crippen molar-refractivity contribution in [3.05, 3.63) is 51.9 Å². The molecule has 2 aliphatic heterocycles. The number of hydrogen-bond acceptors (Lipinski definition) is 5. The highest BCUT2D eigenvalue weighted by molar-refractivity contribution is 6.02. The molecule has 4 rings (SSSR count). The van der Waals surface area contributed by atoms with Crippen molar-refractivity contribution in [2.45, 2.75) is 52.6 Å². The number of benzene rings is 1. The Bertz CT molecular complexity index is 1180. The van der Waals surface area contributed by atoms with Crippen LogP contribution in [0.1, 0.15) is 39.0 Å². The molecular weight excluding hydrogens is 430 g/mol. The Hall–Kier alpha value is -3.13. The molecule has 1 aromatic carbocycles. The van der Waals surface area contributed by atoms with Crippen molar-refractivity contribution in [3.8, 4) is 0 Å². The summed E-state index contributed by atoms with van der Waals surface area (Å²) < 4.78 is 1.67. The molecule has 2 aliphatic rings. The number of rotatable bonds is 5.